The normalized spacial score (nSPS) is 11.7. The summed E-state index contributed by atoms with van der Waals surface area (Å²) in [6.07, 6.45) is -0.547. The quantitative estimate of drug-likeness (QED) is 0.554. The summed E-state index contributed by atoms with van der Waals surface area (Å²) in [6, 6.07) is 15.3. The maximum atomic E-state index is 13.2. The fourth-order valence-corrected chi connectivity index (χ4v) is 2.98. The number of aromatic amines is 1. The summed E-state index contributed by atoms with van der Waals surface area (Å²) in [5.74, 6) is -0.0957. The fourth-order valence-electron chi connectivity index (χ4n) is 2.98. The fraction of sp³-hybridized carbons (Fsp3) is 0.100. The second kappa shape index (κ2) is 6.90. The molecule has 6 nitrogen and oxygen atoms in total. The monoisotopic (exact) mass is 383 g/mol. The summed E-state index contributed by atoms with van der Waals surface area (Å²) < 4.78 is 32.6. The highest BCUT2D eigenvalue weighted by molar-refractivity contribution is 5.94. The minimum Gasteiger partial charge on any atom is -0.431 e. The number of rotatable bonds is 5. The summed E-state index contributed by atoms with van der Waals surface area (Å²) in [5, 5.41) is 9.01. The van der Waals surface area contributed by atoms with Crippen molar-refractivity contribution < 1.29 is 18.6 Å². The van der Waals surface area contributed by atoms with Crippen molar-refractivity contribution in [3.8, 4) is 22.6 Å². The molecule has 8 heteroatoms. The van der Waals surface area contributed by atoms with Gasteiger partial charge in [0.2, 0.25) is 0 Å². The first-order chi connectivity index (χ1) is 13.5. The Kier molecular flexibility index (Phi) is 4.40. The molecule has 4 rings (SSSR count). The zero-order valence-electron chi connectivity index (χ0n) is 14.5. The zero-order chi connectivity index (χ0) is 19.7. The molecular formula is C20H15F2N3O3. The van der Waals surface area contributed by atoms with Gasteiger partial charge in [-0.15, -0.1) is 0 Å². The predicted octanol–water partition coefficient (Wildman–Crippen LogP) is 3.34. The molecule has 28 heavy (non-hydrogen) atoms. The van der Waals surface area contributed by atoms with Gasteiger partial charge in [-0.2, -0.15) is 8.78 Å². The van der Waals surface area contributed by atoms with E-state index in [2.05, 4.69) is 14.7 Å². The van der Waals surface area contributed by atoms with Crippen molar-refractivity contribution in [1.82, 2.24) is 14.5 Å². The van der Waals surface area contributed by atoms with Crippen molar-refractivity contribution in [2.24, 2.45) is 0 Å². The van der Waals surface area contributed by atoms with Gasteiger partial charge in [-0.25, -0.2) is 4.98 Å². The molecule has 0 fully saturated rings. The third-order valence-corrected chi connectivity index (χ3v) is 4.24. The third-order valence-electron chi connectivity index (χ3n) is 4.24. The van der Waals surface area contributed by atoms with Crippen LogP contribution in [0.15, 0.2) is 71.9 Å². The number of halogens is 2. The van der Waals surface area contributed by atoms with Gasteiger partial charge in [0.25, 0.3) is 5.56 Å². The molecule has 0 saturated carbocycles. The minimum atomic E-state index is -3.66. The number of hydrogen-bond donors (Lipinski definition) is 2. The second-order valence-electron chi connectivity index (χ2n) is 6.10. The number of nitrogens with zero attached hydrogens (tertiary/aromatic N) is 2. The molecule has 0 unspecified atom stereocenters. The van der Waals surface area contributed by atoms with Gasteiger partial charge < -0.3 is 19.4 Å². The molecule has 142 valence electrons. The van der Waals surface area contributed by atoms with Crippen LogP contribution in [0.2, 0.25) is 0 Å². The summed E-state index contributed by atoms with van der Waals surface area (Å²) >= 11 is 0. The second-order valence-corrected chi connectivity index (χ2v) is 6.10. The SMILES string of the molecule is O=c1[nH]cnc2c1c(-c1ccc(OC(F)(F)CO)cc1)cn2-c1ccccc1. The van der Waals surface area contributed by atoms with E-state index in [0.717, 1.165) is 5.69 Å². The van der Waals surface area contributed by atoms with Gasteiger partial charge in [-0.3, -0.25) is 4.79 Å². The zero-order valence-corrected chi connectivity index (χ0v) is 14.5. The van der Waals surface area contributed by atoms with Gasteiger partial charge in [0.15, 0.2) is 5.65 Å². The van der Waals surface area contributed by atoms with Crippen LogP contribution < -0.4 is 10.3 Å². The van der Waals surface area contributed by atoms with E-state index >= 15 is 0 Å². The first-order valence-corrected chi connectivity index (χ1v) is 8.41. The molecule has 2 aromatic heterocycles. The first kappa shape index (κ1) is 17.9. The van der Waals surface area contributed by atoms with Crippen molar-refractivity contribution >= 4 is 11.0 Å². The summed E-state index contributed by atoms with van der Waals surface area (Å²) in [4.78, 5) is 19.3. The number of para-hydroxylation sites is 1. The minimum absolute atomic E-state index is 0.0957. The van der Waals surface area contributed by atoms with E-state index in [1.165, 1.54) is 18.5 Å². The van der Waals surface area contributed by atoms with Crippen molar-refractivity contribution in [2.45, 2.75) is 6.11 Å². The largest absolute Gasteiger partial charge is 0.431 e. The van der Waals surface area contributed by atoms with Gasteiger partial charge in [0.1, 0.15) is 12.4 Å². The Balaban J connectivity index is 1.82. The number of ether oxygens (including phenoxy) is 1. The highest BCUT2D eigenvalue weighted by atomic mass is 19.3. The van der Waals surface area contributed by atoms with Gasteiger partial charge >= 0.3 is 6.11 Å². The number of fused-ring (bicyclic) bond motifs is 1. The van der Waals surface area contributed by atoms with Crippen LogP contribution >= 0.6 is 0 Å². The van der Waals surface area contributed by atoms with E-state index in [1.807, 2.05) is 30.3 Å². The number of H-pyrrole nitrogens is 1. The third kappa shape index (κ3) is 3.25. The Morgan fingerprint density at radius 3 is 2.50 bits per heavy atom. The maximum Gasteiger partial charge on any atom is 0.421 e. The molecule has 0 aliphatic heterocycles. The van der Waals surface area contributed by atoms with Crippen LogP contribution in [0.3, 0.4) is 0 Å². The van der Waals surface area contributed by atoms with Crippen LogP contribution in [0.5, 0.6) is 5.75 Å². The lowest BCUT2D eigenvalue weighted by molar-refractivity contribution is -0.200. The van der Waals surface area contributed by atoms with Gasteiger partial charge in [0.05, 0.1) is 11.7 Å². The average molecular weight is 383 g/mol. The Hall–Kier alpha value is -3.52. The van der Waals surface area contributed by atoms with Crippen LogP contribution in [-0.4, -0.2) is 32.4 Å². The van der Waals surface area contributed by atoms with Gasteiger partial charge in [-0.1, -0.05) is 30.3 Å². The highest BCUT2D eigenvalue weighted by Gasteiger charge is 2.30. The summed E-state index contributed by atoms with van der Waals surface area (Å²) in [6.45, 7) is -1.42. The van der Waals surface area contributed by atoms with Crippen molar-refractivity contribution in [1.29, 1.82) is 0 Å². The molecule has 0 amide bonds. The molecule has 2 aromatic carbocycles. The lowest BCUT2D eigenvalue weighted by atomic mass is 10.1. The van der Waals surface area contributed by atoms with Crippen LogP contribution in [0.1, 0.15) is 0 Å². The van der Waals surface area contributed by atoms with Crippen LogP contribution in [0.25, 0.3) is 27.8 Å². The Morgan fingerprint density at radius 2 is 1.82 bits per heavy atom. The average Bonchev–Trinajstić information content (AvgIpc) is 3.10. The lowest BCUT2D eigenvalue weighted by Crippen LogP contribution is -2.28. The van der Waals surface area contributed by atoms with Gasteiger partial charge in [0, 0.05) is 17.4 Å². The van der Waals surface area contributed by atoms with Crippen molar-refractivity contribution in [2.75, 3.05) is 6.61 Å². The van der Waals surface area contributed by atoms with Crippen LogP contribution in [0, 0.1) is 0 Å². The molecule has 2 heterocycles. The molecule has 0 radical (unpaired) electrons. The molecule has 0 bridgehead atoms. The number of aromatic nitrogens is 3. The number of benzene rings is 2. The Bertz CT molecular complexity index is 1170. The molecule has 4 aromatic rings. The number of aliphatic hydroxyl groups excluding tert-OH is 1. The predicted molar refractivity (Wildman–Crippen MR) is 99.8 cm³/mol. The van der Waals surface area contributed by atoms with Crippen molar-refractivity contribution in [3.63, 3.8) is 0 Å². The Morgan fingerprint density at radius 1 is 1.11 bits per heavy atom. The molecule has 2 N–H and O–H groups in total. The topological polar surface area (TPSA) is 80.1 Å². The van der Waals surface area contributed by atoms with E-state index in [4.69, 9.17) is 5.11 Å². The van der Waals surface area contributed by atoms with E-state index < -0.39 is 12.7 Å². The number of hydrogen-bond acceptors (Lipinski definition) is 4. The Labute approximate surface area is 157 Å². The van der Waals surface area contributed by atoms with E-state index in [-0.39, 0.29) is 11.3 Å². The summed E-state index contributed by atoms with van der Waals surface area (Å²) in [5.41, 5.74) is 2.25. The maximum absolute atomic E-state index is 13.2. The lowest BCUT2D eigenvalue weighted by Gasteiger charge is -2.15. The summed E-state index contributed by atoms with van der Waals surface area (Å²) in [7, 11) is 0. The van der Waals surface area contributed by atoms with Crippen LogP contribution in [0.4, 0.5) is 8.78 Å². The molecule has 0 aliphatic rings. The molecule has 0 atom stereocenters. The van der Waals surface area contributed by atoms with E-state index in [0.29, 0.717) is 22.2 Å². The van der Waals surface area contributed by atoms with Gasteiger partial charge in [-0.05, 0) is 29.8 Å². The van der Waals surface area contributed by atoms with E-state index in [9.17, 15) is 13.6 Å². The van der Waals surface area contributed by atoms with Crippen LogP contribution in [-0.2, 0) is 0 Å². The number of alkyl halides is 2. The standard InChI is InChI=1S/C20H15F2N3O3/c21-20(22,11-26)28-15-8-6-13(7-9-15)16-10-25(14-4-2-1-3-5-14)18-17(16)19(27)24-12-23-18/h1-10,12,26H,11H2,(H,23,24,27). The molecular weight excluding hydrogens is 368 g/mol. The smallest absolute Gasteiger partial charge is 0.421 e. The molecule has 0 spiro atoms. The highest BCUT2D eigenvalue weighted by Crippen LogP contribution is 2.31. The number of nitrogens with one attached hydrogen (secondary N) is 1. The number of aliphatic hydroxyl groups is 1. The molecule has 0 saturated heterocycles. The van der Waals surface area contributed by atoms with E-state index in [1.54, 1.807) is 22.9 Å². The first-order valence-electron chi connectivity index (χ1n) is 8.41. The van der Waals surface area contributed by atoms with Crippen molar-refractivity contribution in [3.05, 3.63) is 77.5 Å². The molecule has 0 aliphatic carbocycles.